The number of nitrogens with zero attached hydrogens (tertiary/aromatic N) is 2. The highest BCUT2D eigenvalue weighted by Crippen LogP contribution is 2.14. The molecule has 0 fully saturated rings. The lowest BCUT2D eigenvalue weighted by Crippen LogP contribution is -2.06. The second-order valence-electron chi connectivity index (χ2n) is 2.58. The van der Waals surface area contributed by atoms with E-state index in [0.717, 1.165) is 5.88 Å². The first-order chi connectivity index (χ1) is 5.25. The van der Waals surface area contributed by atoms with Gasteiger partial charge >= 0.3 is 0 Å². The number of hydrogen-bond acceptors (Lipinski definition) is 2. The summed E-state index contributed by atoms with van der Waals surface area (Å²) < 4.78 is 7.12. The van der Waals surface area contributed by atoms with Crippen molar-refractivity contribution in [3.05, 3.63) is 12.3 Å². The molecule has 0 saturated carbocycles. The molecular weight excluding hydrogens is 140 g/mol. The molecule has 0 bridgehead atoms. The normalized spacial score (nSPS) is 10.5. The van der Waals surface area contributed by atoms with Crippen LogP contribution in [0.1, 0.15) is 26.8 Å². The molecule has 1 rings (SSSR count). The highest BCUT2D eigenvalue weighted by molar-refractivity contribution is 5.07. The van der Waals surface area contributed by atoms with Crippen LogP contribution < -0.4 is 4.74 Å². The maximum absolute atomic E-state index is 5.31. The molecule has 3 heteroatoms. The topological polar surface area (TPSA) is 27.1 Å². The molecule has 0 spiro atoms. The molecule has 1 aromatic heterocycles. The number of aromatic nitrogens is 2. The van der Waals surface area contributed by atoms with E-state index in [-0.39, 0.29) is 0 Å². The minimum atomic E-state index is 0.336. The van der Waals surface area contributed by atoms with Gasteiger partial charge in [0.2, 0.25) is 5.88 Å². The Morgan fingerprint density at radius 3 is 3.00 bits per heavy atom. The molecule has 3 nitrogen and oxygen atoms in total. The molecule has 0 aliphatic heterocycles. The van der Waals surface area contributed by atoms with E-state index >= 15 is 0 Å². The Balaban J connectivity index is 2.78. The van der Waals surface area contributed by atoms with E-state index in [0.29, 0.717) is 12.6 Å². The summed E-state index contributed by atoms with van der Waals surface area (Å²) in [4.78, 5) is 0. The fourth-order valence-electron chi connectivity index (χ4n) is 0.887. The summed E-state index contributed by atoms with van der Waals surface area (Å²) in [7, 11) is 0. The molecular formula is C8H13N2O. The van der Waals surface area contributed by atoms with E-state index in [4.69, 9.17) is 4.74 Å². The second kappa shape index (κ2) is 3.42. The van der Waals surface area contributed by atoms with Gasteiger partial charge in [-0.1, -0.05) is 0 Å². The molecule has 1 aromatic rings. The molecule has 0 aliphatic rings. The third-order valence-corrected chi connectivity index (χ3v) is 1.36. The van der Waals surface area contributed by atoms with Crippen LogP contribution in [0, 0.1) is 6.20 Å². The van der Waals surface area contributed by atoms with Crippen molar-refractivity contribution in [2.45, 2.75) is 26.8 Å². The number of ether oxygens (including phenoxy) is 1. The van der Waals surface area contributed by atoms with Crippen molar-refractivity contribution in [1.82, 2.24) is 9.78 Å². The monoisotopic (exact) mass is 153 g/mol. The Labute approximate surface area is 67.0 Å². The maximum atomic E-state index is 5.31. The molecule has 0 aromatic carbocycles. The van der Waals surface area contributed by atoms with E-state index in [1.165, 1.54) is 0 Å². The molecule has 0 amide bonds. The van der Waals surface area contributed by atoms with Crippen molar-refractivity contribution in [2.75, 3.05) is 6.61 Å². The standard InChI is InChI=1S/C8H13N2O/c1-4-11-8-5-6-9-10(8)7(2)3/h5,7H,4H2,1-3H3. The molecule has 0 atom stereocenters. The van der Waals surface area contributed by atoms with Crippen LogP contribution in [0.2, 0.25) is 0 Å². The minimum absolute atomic E-state index is 0.336. The lowest BCUT2D eigenvalue weighted by atomic mass is 10.4. The molecule has 0 unspecified atom stereocenters. The number of rotatable bonds is 3. The third kappa shape index (κ3) is 1.73. The van der Waals surface area contributed by atoms with Crippen LogP contribution in [0.25, 0.3) is 0 Å². The zero-order valence-corrected chi connectivity index (χ0v) is 7.16. The van der Waals surface area contributed by atoms with Gasteiger partial charge in [-0.15, -0.1) is 0 Å². The van der Waals surface area contributed by atoms with Gasteiger partial charge in [-0.2, -0.15) is 5.10 Å². The van der Waals surface area contributed by atoms with Crippen LogP contribution in [-0.2, 0) is 0 Å². The average Bonchev–Trinajstić information content (AvgIpc) is 2.36. The summed E-state index contributed by atoms with van der Waals surface area (Å²) in [5.41, 5.74) is 0. The van der Waals surface area contributed by atoms with Crippen molar-refractivity contribution in [1.29, 1.82) is 0 Å². The van der Waals surface area contributed by atoms with Crippen LogP contribution >= 0.6 is 0 Å². The van der Waals surface area contributed by atoms with Crippen molar-refractivity contribution in [3.8, 4) is 5.88 Å². The van der Waals surface area contributed by atoms with Crippen LogP contribution in [0.3, 0.4) is 0 Å². The minimum Gasteiger partial charge on any atom is -0.478 e. The largest absolute Gasteiger partial charge is 0.478 e. The Bertz CT molecular complexity index is 218. The average molecular weight is 153 g/mol. The summed E-state index contributed by atoms with van der Waals surface area (Å²) in [6, 6.07) is 2.09. The molecule has 0 saturated heterocycles. The summed E-state index contributed by atoms with van der Waals surface area (Å²) in [6.07, 6.45) is 2.75. The van der Waals surface area contributed by atoms with Crippen LogP contribution in [0.15, 0.2) is 6.07 Å². The van der Waals surface area contributed by atoms with Gasteiger partial charge in [-0.05, 0) is 20.8 Å². The first kappa shape index (κ1) is 8.11. The van der Waals surface area contributed by atoms with E-state index in [1.807, 2.05) is 11.6 Å². The fourth-order valence-corrected chi connectivity index (χ4v) is 0.887. The van der Waals surface area contributed by atoms with Crippen molar-refractivity contribution in [2.24, 2.45) is 0 Å². The lowest BCUT2D eigenvalue weighted by molar-refractivity contribution is 0.292. The summed E-state index contributed by atoms with van der Waals surface area (Å²) in [6.45, 7) is 6.75. The van der Waals surface area contributed by atoms with Crippen molar-refractivity contribution < 1.29 is 4.74 Å². The van der Waals surface area contributed by atoms with Crippen LogP contribution in [0.4, 0.5) is 0 Å². The first-order valence-electron chi connectivity index (χ1n) is 3.84. The molecule has 1 radical (unpaired) electrons. The Morgan fingerprint density at radius 2 is 2.45 bits per heavy atom. The SMILES string of the molecule is CCOc1c[c]nn1C(C)C. The summed E-state index contributed by atoms with van der Waals surface area (Å²) >= 11 is 0. The van der Waals surface area contributed by atoms with E-state index in [1.54, 1.807) is 6.07 Å². The van der Waals surface area contributed by atoms with Gasteiger partial charge in [0.1, 0.15) is 6.20 Å². The Morgan fingerprint density at radius 1 is 1.73 bits per heavy atom. The van der Waals surface area contributed by atoms with Gasteiger partial charge in [0.05, 0.1) is 12.6 Å². The van der Waals surface area contributed by atoms with Gasteiger partial charge in [0, 0.05) is 6.07 Å². The Hall–Kier alpha value is -0.990. The van der Waals surface area contributed by atoms with Crippen LogP contribution in [0.5, 0.6) is 5.88 Å². The second-order valence-corrected chi connectivity index (χ2v) is 2.58. The maximum Gasteiger partial charge on any atom is 0.212 e. The van der Waals surface area contributed by atoms with E-state index in [9.17, 15) is 0 Å². The van der Waals surface area contributed by atoms with Gasteiger partial charge in [0.25, 0.3) is 0 Å². The zero-order chi connectivity index (χ0) is 8.27. The van der Waals surface area contributed by atoms with E-state index in [2.05, 4.69) is 25.1 Å². The van der Waals surface area contributed by atoms with Gasteiger partial charge in [-0.3, -0.25) is 0 Å². The van der Waals surface area contributed by atoms with Gasteiger partial charge in [0.15, 0.2) is 0 Å². The van der Waals surface area contributed by atoms with Crippen LogP contribution in [-0.4, -0.2) is 16.4 Å². The Kier molecular flexibility index (Phi) is 2.52. The van der Waals surface area contributed by atoms with E-state index < -0.39 is 0 Å². The molecule has 1 heterocycles. The molecule has 0 N–H and O–H groups in total. The summed E-state index contributed by atoms with van der Waals surface area (Å²) in [5, 5.41) is 4.00. The molecule has 61 valence electrons. The highest BCUT2D eigenvalue weighted by atomic mass is 16.5. The lowest BCUT2D eigenvalue weighted by Gasteiger charge is -2.09. The third-order valence-electron chi connectivity index (χ3n) is 1.36. The van der Waals surface area contributed by atoms with Crippen molar-refractivity contribution >= 4 is 0 Å². The molecule has 11 heavy (non-hydrogen) atoms. The smallest absolute Gasteiger partial charge is 0.212 e. The predicted molar refractivity (Wildman–Crippen MR) is 42.6 cm³/mol. The molecule has 0 aliphatic carbocycles. The predicted octanol–water partition coefficient (Wildman–Crippen LogP) is 1.66. The zero-order valence-electron chi connectivity index (χ0n) is 7.16. The number of hydrogen-bond donors (Lipinski definition) is 0. The van der Waals surface area contributed by atoms with Gasteiger partial charge < -0.3 is 4.74 Å². The summed E-state index contributed by atoms with van der Waals surface area (Å²) in [5.74, 6) is 0.794. The van der Waals surface area contributed by atoms with Crippen molar-refractivity contribution in [3.63, 3.8) is 0 Å². The first-order valence-corrected chi connectivity index (χ1v) is 3.84. The van der Waals surface area contributed by atoms with Gasteiger partial charge in [-0.25, -0.2) is 4.68 Å². The highest BCUT2D eigenvalue weighted by Gasteiger charge is 2.05. The quantitative estimate of drug-likeness (QED) is 0.660. The fraction of sp³-hybridized carbons (Fsp3) is 0.625.